The number of aromatic nitrogens is 2. The molecule has 0 aliphatic carbocycles. The summed E-state index contributed by atoms with van der Waals surface area (Å²) in [5, 5.41) is 0. The molecule has 4 nitrogen and oxygen atoms in total. The molecule has 0 spiro atoms. The van der Waals surface area contributed by atoms with Crippen LogP contribution >= 0.6 is 0 Å². The van der Waals surface area contributed by atoms with E-state index in [2.05, 4.69) is 56.9 Å². The van der Waals surface area contributed by atoms with Crippen molar-refractivity contribution in [3.63, 3.8) is 0 Å². The second-order valence-corrected chi connectivity index (χ2v) is 6.56. The third-order valence-electron chi connectivity index (χ3n) is 4.43. The first-order valence-electron chi connectivity index (χ1n) is 7.28. The SMILES string of the molecule is CC1(C)OB(c2ccc(Cn3ccnc3)cc2)OC1(C)C. The molecule has 0 saturated carbocycles. The van der Waals surface area contributed by atoms with Crippen molar-refractivity contribution < 1.29 is 9.31 Å². The van der Waals surface area contributed by atoms with Gasteiger partial charge in [0, 0.05) is 18.9 Å². The number of hydrogen-bond acceptors (Lipinski definition) is 3. The molecule has 21 heavy (non-hydrogen) atoms. The minimum Gasteiger partial charge on any atom is -0.399 e. The van der Waals surface area contributed by atoms with E-state index in [0.29, 0.717) is 0 Å². The number of hydrogen-bond donors (Lipinski definition) is 0. The fraction of sp³-hybridized carbons (Fsp3) is 0.438. The summed E-state index contributed by atoms with van der Waals surface area (Å²) in [6.45, 7) is 9.10. The smallest absolute Gasteiger partial charge is 0.399 e. The van der Waals surface area contributed by atoms with Gasteiger partial charge in [-0.1, -0.05) is 24.3 Å². The van der Waals surface area contributed by atoms with Gasteiger partial charge in [-0.15, -0.1) is 0 Å². The van der Waals surface area contributed by atoms with Gasteiger partial charge in [-0.05, 0) is 38.7 Å². The normalized spacial score (nSPS) is 19.9. The molecule has 1 fully saturated rings. The third-order valence-corrected chi connectivity index (χ3v) is 4.43. The van der Waals surface area contributed by atoms with Crippen molar-refractivity contribution in [2.24, 2.45) is 0 Å². The summed E-state index contributed by atoms with van der Waals surface area (Å²) in [6.07, 6.45) is 5.57. The number of benzene rings is 1. The minimum atomic E-state index is -0.298. The molecule has 1 aromatic heterocycles. The maximum atomic E-state index is 6.06. The minimum absolute atomic E-state index is 0.294. The average Bonchev–Trinajstić information content (AvgIpc) is 2.97. The predicted molar refractivity (Wildman–Crippen MR) is 83.5 cm³/mol. The number of rotatable bonds is 3. The van der Waals surface area contributed by atoms with Gasteiger partial charge in [0.1, 0.15) is 0 Å². The van der Waals surface area contributed by atoms with Crippen molar-refractivity contribution in [3.05, 3.63) is 48.5 Å². The molecule has 0 amide bonds. The average molecular weight is 284 g/mol. The van der Waals surface area contributed by atoms with Crippen LogP contribution in [0, 0.1) is 0 Å². The maximum Gasteiger partial charge on any atom is 0.494 e. The Bertz CT molecular complexity index is 590. The van der Waals surface area contributed by atoms with Crippen LogP contribution in [-0.2, 0) is 15.9 Å². The first-order chi connectivity index (χ1) is 9.87. The lowest BCUT2D eigenvalue weighted by atomic mass is 9.79. The summed E-state index contributed by atoms with van der Waals surface area (Å²) in [5.74, 6) is 0. The molecule has 110 valence electrons. The van der Waals surface area contributed by atoms with E-state index >= 15 is 0 Å². The van der Waals surface area contributed by atoms with Gasteiger partial charge in [0.2, 0.25) is 0 Å². The second-order valence-electron chi connectivity index (χ2n) is 6.56. The molecule has 1 aliphatic heterocycles. The van der Waals surface area contributed by atoms with Crippen LogP contribution in [0.15, 0.2) is 43.0 Å². The van der Waals surface area contributed by atoms with Crippen LogP contribution in [-0.4, -0.2) is 27.9 Å². The third kappa shape index (κ3) is 2.76. The highest BCUT2D eigenvalue weighted by Crippen LogP contribution is 2.36. The Hall–Kier alpha value is -1.59. The summed E-state index contributed by atoms with van der Waals surface area (Å²) in [5.41, 5.74) is 1.69. The van der Waals surface area contributed by atoms with Crippen molar-refractivity contribution in [3.8, 4) is 0 Å². The fourth-order valence-electron chi connectivity index (χ4n) is 2.35. The van der Waals surface area contributed by atoms with Gasteiger partial charge in [0.05, 0.1) is 17.5 Å². The van der Waals surface area contributed by atoms with Gasteiger partial charge in [-0.3, -0.25) is 0 Å². The topological polar surface area (TPSA) is 36.3 Å². The molecule has 2 heterocycles. The van der Waals surface area contributed by atoms with E-state index < -0.39 is 0 Å². The molecule has 0 radical (unpaired) electrons. The highest BCUT2D eigenvalue weighted by atomic mass is 16.7. The molecule has 0 unspecified atom stereocenters. The lowest BCUT2D eigenvalue weighted by Crippen LogP contribution is -2.41. The van der Waals surface area contributed by atoms with E-state index in [-0.39, 0.29) is 18.3 Å². The second kappa shape index (κ2) is 5.00. The largest absolute Gasteiger partial charge is 0.494 e. The Labute approximate surface area is 126 Å². The number of nitrogens with zero attached hydrogens (tertiary/aromatic N) is 2. The molecular formula is C16H21BN2O2. The fourth-order valence-corrected chi connectivity index (χ4v) is 2.35. The zero-order valence-corrected chi connectivity index (χ0v) is 13.0. The van der Waals surface area contributed by atoms with Crippen molar-refractivity contribution in [1.82, 2.24) is 9.55 Å². The van der Waals surface area contributed by atoms with Gasteiger partial charge in [-0.25, -0.2) is 4.98 Å². The van der Waals surface area contributed by atoms with Gasteiger partial charge < -0.3 is 13.9 Å². The number of imidazole rings is 1. The standard InChI is InChI=1S/C16H21BN2O2/c1-15(2)16(3,4)21-17(20-15)14-7-5-13(6-8-14)11-19-10-9-18-12-19/h5-10,12H,11H2,1-4H3. The maximum absolute atomic E-state index is 6.06. The zero-order chi connectivity index (χ0) is 15.1. The molecule has 1 saturated heterocycles. The molecule has 3 rings (SSSR count). The summed E-state index contributed by atoms with van der Waals surface area (Å²) in [6, 6.07) is 8.38. The van der Waals surface area contributed by atoms with Crippen molar-refractivity contribution in [1.29, 1.82) is 0 Å². The van der Waals surface area contributed by atoms with E-state index in [1.807, 2.05) is 17.1 Å². The van der Waals surface area contributed by atoms with Crippen LogP contribution in [0.5, 0.6) is 0 Å². The van der Waals surface area contributed by atoms with Gasteiger partial charge >= 0.3 is 7.12 Å². The van der Waals surface area contributed by atoms with Crippen LogP contribution < -0.4 is 5.46 Å². The Morgan fingerprint density at radius 1 is 1.05 bits per heavy atom. The van der Waals surface area contributed by atoms with Crippen LogP contribution in [0.4, 0.5) is 0 Å². The highest BCUT2D eigenvalue weighted by molar-refractivity contribution is 6.62. The zero-order valence-electron chi connectivity index (χ0n) is 13.0. The molecular weight excluding hydrogens is 263 g/mol. The van der Waals surface area contributed by atoms with E-state index in [1.54, 1.807) is 6.20 Å². The molecule has 1 aliphatic rings. The molecule has 5 heteroatoms. The summed E-state index contributed by atoms with van der Waals surface area (Å²) in [7, 11) is -0.294. The first kappa shape index (κ1) is 14.4. The summed E-state index contributed by atoms with van der Waals surface area (Å²) in [4.78, 5) is 4.05. The molecule has 1 aromatic carbocycles. The van der Waals surface area contributed by atoms with Crippen molar-refractivity contribution >= 4 is 12.6 Å². The molecule has 0 atom stereocenters. The highest BCUT2D eigenvalue weighted by Gasteiger charge is 2.51. The van der Waals surface area contributed by atoms with Crippen LogP contribution in [0.3, 0.4) is 0 Å². The van der Waals surface area contributed by atoms with Crippen LogP contribution in [0.25, 0.3) is 0 Å². The quantitative estimate of drug-likeness (QED) is 0.811. The van der Waals surface area contributed by atoms with E-state index in [1.165, 1.54) is 5.56 Å². The van der Waals surface area contributed by atoms with E-state index in [9.17, 15) is 0 Å². The first-order valence-corrected chi connectivity index (χ1v) is 7.28. The van der Waals surface area contributed by atoms with Crippen LogP contribution in [0.1, 0.15) is 33.3 Å². The van der Waals surface area contributed by atoms with E-state index in [4.69, 9.17) is 9.31 Å². The predicted octanol–water partition coefficient (Wildman–Crippen LogP) is 2.23. The monoisotopic (exact) mass is 284 g/mol. The molecule has 0 N–H and O–H groups in total. The lowest BCUT2D eigenvalue weighted by Gasteiger charge is -2.32. The summed E-state index contributed by atoms with van der Waals surface area (Å²) >= 11 is 0. The van der Waals surface area contributed by atoms with Gasteiger partial charge in [0.25, 0.3) is 0 Å². The Morgan fingerprint density at radius 3 is 2.19 bits per heavy atom. The molecule has 2 aromatic rings. The van der Waals surface area contributed by atoms with Gasteiger partial charge in [0.15, 0.2) is 0 Å². The molecule has 0 bridgehead atoms. The van der Waals surface area contributed by atoms with Crippen molar-refractivity contribution in [2.75, 3.05) is 0 Å². The van der Waals surface area contributed by atoms with Gasteiger partial charge in [-0.2, -0.15) is 0 Å². The Kier molecular flexibility index (Phi) is 3.42. The summed E-state index contributed by atoms with van der Waals surface area (Å²) < 4.78 is 14.2. The van der Waals surface area contributed by atoms with Crippen molar-refractivity contribution in [2.45, 2.75) is 45.4 Å². The lowest BCUT2D eigenvalue weighted by molar-refractivity contribution is 0.00578. The van der Waals surface area contributed by atoms with Crippen LogP contribution in [0.2, 0.25) is 0 Å². The Morgan fingerprint density at radius 2 is 1.67 bits per heavy atom. The van der Waals surface area contributed by atoms with E-state index in [0.717, 1.165) is 12.0 Å². The Balaban J connectivity index is 1.73.